The highest BCUT2D eigenvalue weighted by Gasteiger charge is 2.29. The lowest BCUT2D eigenvalue weighted by Gasteiger charge is -2.18. The summed E-state index contributed by atoms with van der Waals surface area (Å²) in [5.41, 5.74) is 1.83. The summed E-state index contributed by atoms with van der Waals surface area (Å²) in [6.07, 6.45) is 2.75. The van der Waals surface area contributed by atoms with Crippen LogP contribution in [0.25, 0.3) is 17.2 Å². The van der Waals surface area contributed by atoms with Crippen LogP contribution in [0.4, 0.5) is 4.39 Å². The first kappa shape index (κ1) is 26.1. The van der Waals surface area contributed by atoms with Gasteiger partial charge >= 0.3 is 0 Å². The summed E-state index contributed by atoms with van der Waals surface area (Å²) in [7, 11) is -0.745. The zero-order valence-electron chi connectivity index (χ0n) is 20.9. The molecule has 0 aliphatic heterocycles. The number of rotatable bonds is 10. The van der Waals surface area contributed by atoms with Gasteiger partial charge in [0.1, 0.15) is 34.5 Å². The van der Waals surface area contributed by atoms with Crippen LogP contribution in [0.15, 0.2) is 48.8 Å². The van der Waals surface area contributed by atoms with Gasteiger partial charge in [0, 0.05) is 12.1 Å². The standard InChI is InChI=1S/C25H27FN6O4S/c1-5-18-8-6-9-19(29-18)25-31-30-23(32(25)24-20(35-3)10-7-11-21(24)36-4)15-37(33,34)16(2)12-22-27-13-17(26)14-28-22/h6-11,13-14,16H,5,12,15H2,1-4H3/t16-/m1/s1. The number of aryl methyl sites for hydroxylation is 1. The van der Waals surface area contributed by atoms with Crippen molar-refractivity contribution in [1.29, 1.82) is 0 Å². The van der Waals surface area contributed by atoms with E-state index in [4.69, 9.17) is 9.47 Å². The van der Waals surface area contributed by atoms with Gasteiger partial charge in [-0.1, -0.05) is 19.1 Å². The Hall–Kier alpha value is -3.93. The minimum absolute atomic E-state index is 0.0156. The first-order chi connectivity index (χ1) is 17.8. The topological polar surface area (TPSA) is 122 Å². The SMILES string of the molecule is CCc1cccc(-c2nnc(CS(=O)(=O)[C@H](C)Cc3ncc(F)cn3)n2-c2c(OC)cccc2OC)n1. The number of benzene rings is 1. The number of nitrogens with zero attached hydrogens (tertiary/aromatic N) is 6. The molecular weight excluding hydrogens is 499 g/mol. The molecule has 0 N–H and O–H groups in total. The molecule has 0 radical (unpaired) electrons. The van der Waals surface area contributed by atoms with Crippen molar-refractivity contribution in [1.82, 2.24) is 29.7 Å². The highest BCUT2D eigenvalue weighted by atomic mass is 32.2. The highest BCUT2D eigenvalue weighted by Crippen LogP contribution is 2.36. The van der Waals surface area contributed by atoms with Crippen molar-refractivity contribution in [2.45, 2.75) is 37.7 Å². The second kappa shape index (κ2) is 11.0. The number of sulfone groups is 1. The van der Waals surface area contributed by atoms with E-state index in [1.807, 2.05) is 19.1 Å². The third-order valence-electron chi connectivity index (χ3n) is 5.84. The summed E-state index contributed by atoms with van der Waals surface area (Å²) in [6.45, 7) is 3.55. The number of hydrogen-bond acceptors (Lipinski definition) is 9. The zero-order valence-corrected chi connectivity index (χ0v) is 21.7. The molecule has 0 aliphatic carbocycles. The van der Waals surface area contributed by atoms with Gasteiger partial charge in [0.05, 0.1) is 31.9 Å². The molecule has 0 unspecified atom stereocenters. The fraction of sp³-hybridized carbons (Fsp3) is 0.320. The van der Waals surface area contributed by atoms with Crippen LogP contribution in [0, 0.1) is 5.82 Å². The van der Waals surface area contributed by atoms with E-state index in [-0.39, 0.29) is 18.1 Å². The summed E-state index contributed by atoms with van der Waals surface area (Å²) >= 11 is 0. The molecule has 194 valence electrons. The fourth-order valence-electron chi connectivity index (χ4n) is 3.81. The van der Waals surface area contributed by atoms with Gasteiger partial charge in [0.2, 0.25) is 0 Å². The van der Waals surface area contributed by atoms with Crippen LogP contribution in [0.3, 0.4) is 0 Å². The van der Waals surface area contributed by atoms with Gasteiger partial charge in [-0.05, 0) is 37.6 Å². The number of methoxy groups -OCH3 is 2. The van der Waals surface area contributed by atoms with Crippen molar-refractivity contribution in [3.05, 3.63) is 72.0 Å². The molecule has 0 bridgehead atoms. The molecule has 0 amide bonds. The van der Waals surface area contributed by atoms with E-state index in [1.165, 1.54) is 14.2 Å². The van der Waals surface area contributed by atoms with Crippen molar-refractivity contribution in [3.8, 4) is 28.7 Å². The van der Waals surface area contributed by atoms with Crippen LogP contribution in [0.1, 0.15) is 31.2 Å². The Bertz CT molecular complexity index is 1470. The Morgan fingerprint density at radius 3 is 2.27 bits per heavy atom. The summed E-state index contributed by atoms with van der Waals surface area (Å²) < 4.78 is 52.8. The summed E-state index contributed by atoms with van der Waals surface area (Å²) in [5, 5.41) is 7.73. The number of aromatic nitrogens is 6. The van der Waals surface area contributed by atoms with Crippen molar-refractivity contribution < 1.29 is 22.3 Å². The van der Waals surface area contributed by atoms with Crippen LogP contribution in [-0.4, -0.2) is 57.6 Å². The molecular formula is C25H27FN6O4S. The first-order valence-electron chi connectivity index (χ1n) is 11.6. The van der Waals surface area contributed by atoms with Crippen LogP contribution < -0.4 is 9.47 Å². The van der Waals surface area contributed by atoms with E-state index < -0.39 is 26.7 Å². The average Bonchev–Trinajstić information content (AvgIpc) is 3.31. The zero-order chi connectivity index (χ0) is 26.6. The van der Waals surface area contributed by atoms with Crippen LogP contribution in [-0.2, 0) is 28.4 Å². The van der Waals surface area contributed by atoms with Crippen LogP contribution in [0.5, 0.6) is 11.5 Å². The van der Waals surface area contributed by atoms with Crippen LogP contribution in [0.2, 0.25) is 0 Å². The van der Waals surface area contributed by atoms with E-state index in [0.29, 0.717) is 35.1 Å². The minimum Gasteiger partial charge on any atom is -0.494 e. The maximum atomic E-state index is 13.4. The van der Waals surface area contributed by atoms with E-state index >= 15 is 0 Å². The third-order valence-corrected chi connectivity index (χ3v) is 7.89. The number of pyridine rings is 1. The Morgan fingerprint density at radius 1 is 1.00 bits per heavy atom. The van der Waals surface area contributed by atoms with Gasteiger partial charge in [-0.3, -0.25) is 4.57 Å². The number of ether oxygens (including phenoxy) is 2. The Balaban J connectivity index is 1.82. The fourth-order valence-corrected chi connectivity index (χ4v) is 5.05. The predicted molar refractivity (Wildman–Crippen MR) is 135 cm³/mol. The number of halogens is 1. The molecule has 4 aromatic rings. The maximum absolute atomic E-state index is 13.4. The minimum atomic E-state index is -3.77. The van der Waals surface area contributed by atoms with Crippen molar-refractivity contribution >= 4 is 9.84 Å². The quantitative estimate of drug-likeness (QED) is 0.306. The molecule has 3 heterocycles. The molecule has 0 aliphatic rings. The Morgan fingerprint density at radius 2 is 1.65 bits per heavy atom. The molecule has 10 nitrogen and oxygen atoms in total. The molecule has 1 atom stereocenters. The van der Waals surface area contributed by atoms with Gasteiger partial charge < -0.3 is 9.47 Å². The smallest absolute Gasteiger partial charge is 0.187 e. The molecule has 12 heteroatoms. The van der Waals surface area contributed by atoms with Crippen molar-refractivity contribution in [3.63, 3.8) is 0 Å². The lowest BCUT2D eigenvalue weighted by Crippen LogP contribution is -2.24. The molecule has 3 aromatic heterocycles. The van der Waals surface area contributed by atoms with Crippen molar-refractivity contribution in [2.75, 3.05) is 14.2 Å². The third kappa shape index (κ3) is 5.58. The predicted octanol–water partition coefficient (Wildman–Crippen LogP) is 3.38. The molecule has 0 saturated carbocycles. The van der Waals surface area contributed by atoms with E-state index in [1.54, 1.807) is 35.8 Å². The second-order valence-corrected chi connectivity index (χ2v) is 10.7. The Labute approximate surface area is 214 Å². The van der Waals surface area contributed by atoms with E-state index in [9.17, 15) is 12.8 Å². The second-order valence-electron chi connectivity index (χ2n) is 8.29. The largest absolute Gasteiger partial charge is 0.494 e. The number of para-hydroxylation sites is 1. The van der Waals surface area contributed by atoms with Crippen LogP contribution >= 0.6 is 0 Å². The molecule has 0 fully saturated rings. The maximum Gasteiger partial charge on any atom is 0.187 e. The summed E-state index contributed by atoms with van der Waals surface area (Å²) in [4.78, 5) is 12.4. The van der Waals surface area contributed by atoms with Gasteiger partial charge in [-0.2, -0.15) is 0 Å². The Kier molecular flexibility index (Phi) is 7.77. The number of hydrogen-bond donors (Lipinski definition) is 0. The molecule has 1 aromatic carbocycles. The van der Waals surface area contributed by atoms with Gasteiger partial charge in [0.15, 0.2) is 27.3 Å². The first-order valence-corrected chi connectivity index (χ1v) is 13.3. The van der Waals surface area contributed by atoms with Gasteiger partial charge in [-0.15, -0.1) is 10.2 Å². The lowest BCUT2D eigenvalue weighted by molar-refractivity contribution is 0.390. The summed E-state index contributed by atoms with van der Waals surface area (Å²) in [5.74, 6) is 0.595. The molecule has 0 spiro atoms. The van der Waals surface area contributed by atoms with Gasteiger partial charge in [0.25, 0.3) is 0 Å². The average molecular weight is 527 g/mol. The van der Waals surface area contributed by atoms with E-state index in [2.05, 4.69) is 25.1 Å². The van der Waals surface area contributed by atoms with Crippen molar-refractivity contribution in [2.24, 2.45) is 0 Å². The van der Waals surface area contributed by atoms with E-state index in [0.717, 1.165) is 18.1 Å². The molecule has 37 heavy (non-hydrogen) atoms. The van der Waals surface area contributed by atoms with Gasteiger partial charge in [-0.25, -0.2) is 27.8 Å². The highest BCUT2D eigenvalue weighted by molar-refractivity contribution is 7.91. The summed E-state index contributed by atoms with van der Waals surface area (Å²) in [6, 6.07) is 10.8. The molecule has 4 rings (SSSR count). The normalized spacial score (nSPS) is 12.4. The monoisotopic (exact) mass is 526 g/mol. The lowest BCUT2D eigenvalue weighted by atomic mass is 10.2. The molecule has 0 saturated heterocycles.